The largest absolute Gasteiger partial charge is 0.454 e. The summed E-state index contributed by atoms with van der Waals surface area (Å²) in [7, 11) is 0. The number of carbonyl (C=O) groups excluding carboxylic acids is 1. The Morgan fingerprint density at radius 3 is 2.83 bits per heavy atom. The van der Waals surface area contributed by atoms with E-state index in [2.05, 4.69) is 15.3 Å². The van der Waals surface area contributed by atoms with Crippen molar-refractivity contribution in [2.45, 2.75) is 0 Å². The van der Waals surface area contributed by atoms with E-state index >= 15 is 0 Å². The molecule has 1 aliphatic rings. The van der Waals surface area contributed by atoms with Crippen LogP contribution in [0.2, 0.25) is 0 Å². The van der Waals surface area contributed by atoms with E-state index < -0.39 is 0 Å². The first kappa shape index (κ1) is 17.4. The molecule has 0 saturated heterocycles. The zero-order valence-corrected chi connectivity index (χ0v) is 15.6. The van der Waals surface area contributed by atoms with Crippen molar-refractivity contribution in [2.24, 2.45) is 0 Å². The highest BCUT2D eigenvalue weighted by Gasteiger charge is 2.17. The highest BCUT2D eigenvalue weighted by molar-refractivity contribution is 7.14. The molecule has 144 valence electrons. The van der Waals surface area contributed by atoms with Crippen molar-refractivity contribution in [1.29, 1.82) is 0 Å². The van der Waals surface area contributed by atoms with E-state index in [0.717, 1.165) is 11.3 Å². The maximum atomic E-state index is 13.2. The third kappa shape index (κ3) is 3.32. The number of imidazole rings is 1. The minimum Gasteiger partial charge on any atom is -0.454 e. The van der Waals surface area contributed by atoms with Gasteiger partial charge in [0.2, 0.25) is 6.79 Å². The molecule has 0 bridgehead atoms. The number of fused-ring (bicyclic) bond motifs is 1. The molecule has 3 heterocycles. The molecule has 0 fully saturated rings. The van der Waals surface area contributed by atoms with Gasteiger partial charge >= 0.3 is 0 Å². The molecule has 1 N–H and O–H groups in total. The van der Waals surface area contributed by atoms with Crippen LogP contribution < -0.4 is 14.8 Å². The van der Waals surface area contributed by atoms with Crippen LogP contribution in [0.25, 0.3) is 16.9 Å². The molecule has 0 unspecified atom stereocenters. The van der Waals surface area contributed by atoms with E-state index in [1.165, 1.54) is 36.0 Å². The van der Waals surface area contributed by atoms with Gasteiger partial charge in [0.1, 0.15) is 11.5 Å². The van der Waals surface area contributed by atoms with E-state index in [1.54, 1.807) is 16.7 Å². The maximum Gasteiger partial charge on any atom is 0.276 e. The van der Waals surface area contributed by atoms with Gasteiger partial charge in [-0.2, -0.15) is 0 Å². The summed E-state index contributed by atoms with van der Waals surface area (Å²) in [6.07, 6.45) is 2.95. The zero-order valence-electron chi connectivity index (χ0n) is 14.8. The first-order valence-electron chi connectivity index (χ1n) is 8.62. The molecule has 1 amide bonds. The Bertz CT molecular complexity index is 1200. The second-order valence-corrected chi connectivity index (χ2v) is 7.04. The standard InChI is InChI=1S/C20H13FN4O3S/c21-13-2-4-14(5-3-13)25-10-22-8-16(25)19(26)24-20-23-15(9-29-20)12-1-6-17-18(7-12)28-11-27-17/h1-10H,11H2,(H,23,24,26). The minimum absolute atomic E-state index is 0.207. The van der Waals surface area contributed by atoms with Crippen LogP contribution in [-0.4, -0.2) is 27.2 Å². The Labute approximate surface area is 168 Å². The van der Waals surface area contributed by atoms with Crippen molar-refractivity contribution in [3.05, 3.63) is 71.9 Å². The van der Waals surface area contributed by atoms with Crippen LogP contribution in [0.1, 0.15) is 10.5 Å². The number of hydrogen-bond acceptors (Lipinski definition) is 6. The first-order chi connectivity index (χ1) is 14.2. The number of aromatic nitrogens is 3. The van der Waals surface area contributed by atoms with Gasteiger partial charge in [0.25, 0.3) is 5.91 Å². The fourth-order valence-electron chi connectivity index (χ4n) is 2.95. The van der Waals surface area contributed by atoms with Crippen LogP contribution in [0, 0.1) is 5.82 Å². The fraction of sp³-hybridized carbons (Fsp3) is 0.0500. The Morgan fingerprint density at radius 2 is 1.97 bits per heavy atom. The second kappa shape index (κ2) is 7.02. The smallest absolute Gasteiger partial charge is 0.276 e. The van der Waals surface area contributed by atoms with Gasteiger partial charge in [0.15, 0.2) is 16.6 Å². The number of benzene rings is 2. The Morgan fingerprint density at radius 1 is 1.14 bits per heavy atom. The Kier molecular flexibility index (Phi) is 4.21. The van der Waals surface area contributed by atoms with Crippen molar-refractivity contribution in [1.82, 2.24) is 14.5 Å². The molecule has 9 heteroatoms. The molecular formula is C20H13FN4O3S. The lowest BCUT2D eigenvalue weighted by atomic mass is 10.1. The molecule has 0 atom stereocenters. The van der Waals surface area contributed by atoms with Crippen LogP contribution in [-0.2, 0) is 0 Å². The van der Waals surface area contributed by atoms with Crippen LogP contribution in [0.15, 0.2) is 60.4 Å². The van der Waals surface area contributed by atoms with Gasteiger partial charge in [-0.25, -0.2) is 14.4 Å². The van der Waals surface area contributed by atoms with Gasteiger partial charge in [-0.05, 0) is 42.5 Å². The van der Waals surface area contributed by atoms with Gasteiger partial charge < -0.3 is 9.47 Å². The van der Waals surface area contributed by atoms with Crippen LogP contribution in [0.4, 0.5) is 9.52 Å². The van der Waals surface area contributed by atoms with E-state index in [1.807, 2.05) is 23.6 Å². The van der Waals surface area contributed by atoms with Gasteiger partial charge in [0.05, 0.1) is 18.2 Å². The summed E-state index contributed by atoms with van der Waals surface area (Å²) in [6.45, 7) is 0.207. The number of nitrogens with zero attached hydrogens (tertiary/aromatic N) is 3. The molecule has 0 spiro atoms. The normalized spacial score (nSPS) is 12.2. The number of hydrogen-bond donors (Lipinski definition) is 1. The molecular weight excluding hydrogens is 395 g/mol. The molecule has 4 aromatic rings. The summed E-state index contributed by atoms with van der Waals surface area (Å²) in [5, 5.41) is 5.09. The van der Waals surface area contributed by atoms with Gasteiger partial charge in [-0.15, -0.1) is 11.3 Å². The van der Waals surface area contributed by atoms with E-state index in [9.17, 15) is 9.18 Å². The predicted octanol–water partition coefficient (Wildman–Crippen LogP) is 4.12. The summed E-state index contributed by atoms with van der Waals surface area (Å²) in [5.41, 5.74) is 2.53. The summed E-state index contributed by atoms with van der Waals surface area (Å²) >= 11 is 1.31. The number of nitrogens with one attached hydrogen (secondary N) is 1. The second-order valence-electron chi connectivity index (χ2n) is 6.19. The molecule has 1 aliphatic heterocycles. The number of amides is 1. The monoisotopic (exact) mass is 408 g/mol. The van der Waals surface area contributed by atoms with Gasteiger partial charge in [-0.1, -0.05) is 0 Å². The number of ether oxygens (including phenoxy) is 2. The van der Waals surface area contributed by atoms with Crippen LogP contribution >= 0.6 is 11.3 Å². The number of rotatable bonds is 4. The minimum atomic E-state index is -0.363. The van der Waals surface area contributed by atoms with Crippen molar-refractivity contribution < 1.29 is 18.7 Å². The van der Waals surface area contributed by atoms with Crippen molar-refractivity contribution >= 4 is 22.4 Å². The van der Waals surface area contributed by atoms with Gasteiger partial charge in [0, 0.05) is 16.6 Å². The summed E-state index contributed by atoms with van der Waals surface area (Å²) in [4.78, 5) is 21.2. The summed E-state index contributed by atoms with van der Waals surface area (Å²) < 4.78 is 25.5. The van der Waals surface area contributed by atoms with Crippen LogP contribution in [0.5, 0.6) is 11.5 Å². The molecule has 5 rings (SSSR count). The summed E-state index contributed by atoms with van der Waals surface area (Å²) in [6, 6.07) is 11.4. The summed E-state index contributed by atoms with van der Waals surface area (Å²) in [5.74, 6) is 0.660. The first-order valence-corrected chi connectivity index (χ1v) is 9.50. The van der Waals surface area contributed by atoms with Crippen molar-refractivity contribution in [3.63, 3.8) is 0 Å². The molecule has 29 heavy (non-hydrogen) atoms. The van der Waals surface area contributed by atoms with E-state index in [4.69, 9.17) is 9.47 Å². The highest BCUT2D eigenvalue weighted by Crippen LogP contribution is 2.36. The highest BCUT2D eigenvalue weighted by atomic mass is 32.1. The van der Waals surface area contributed by atoms with E-state index in [0.29, 0.717) is 28.0 Å². The third-order valence-corrected chi connectivity index (χ3v) is 5.13. The number of carbonyl (C=O) groups is 1. The van der Waals surface area contributed by atoms with Gasteiger partial charge in [-0.3, -0.25) is 14.7 Å². The molecule has 7 nitrogen and oxygen atoms in total. The molecule has 2 aromatic carbocycles. The zero-order chi connectivity index (χ0) is 19.8. The Balaban J connectivity index is 1.36. The van der Waals surface area contributed by atoms with Crippen molar-refractivity contribution in [3.8, 4) is 28.4 Å². The quantitative estimate of drug-likeness (QED) is 0.550. The lowest BCUT2D eigenvalue weighted by molar-refractivity contribution is 0.102. The fourth-order valence-corrected chi connectivity index (χ4v) is 3.67. The molecule has 2 aromatic heterocycles. The molecule has 0 saturated carbocycles. The number of halogens is 1. The van der Waals surface area contributed by atoms with E-state index in [-0.39, 0.29) is 18.5 Å². The lowest BCUT2D eigenvalue weighted by Gasteiger charge is -2.07. The molecule has 0 radical (unpaired) electrons. The van der Waals surface area contributed by atoms with Crippen LogP contribution in [0.3, 0.4) is 0 Å². The maximum absolute atomic E-state index is 13.2. The lowest BCUT2D eigenvalue weighted by Crippen LogP contribution is -2.16. The predicted molar refractivity (Wildman–Crippen MR) is 105 cm³/mol. The average molecular weight is 408 g/mol. The molecule has 0 aliphatic carbocycles. The SMILES string of the molecule is O=C(Nc1nc(-c2ccc3c(c2)OCO3)cs1)c1cncn1-c1ccc(F)cc1. The van der Waals surface area contributed by atoms with Crippen molar-refractivity contribution in [2.75, 3.05) is 12.1 Å². The number of anilines is 1. The topological polar surface area (TPSA) is 78.3 Å². The third-order valence-electron chi connectivity index (χ3n) is 4.37. The number of thiazole rings is 1. The average Bonchev–Trinajstić information content (AvgIpc) is 3.48. The Hall–Kier alpha value is -3.72.